The number of nitrogens with zero attached hydrogens (tertiary/aromatic N) is 2. The van der Waals surface area contributed by atoms with Crippen LogP contribution in [0.25, 0.3) is 17.3 Å². The first-order valence-corrected chi connectivity index (χ1v) is 11.7. The number of benzene rings is 2. The first-order chi connectivity index (χ1) is 17.7. The molecule has 0 atom stereocenters. The van der Waals surface area contributed by atoms with Crippen LogP contribution in [0, 0.1) is 13.8 Å². The molecule has 10 nitrogen and oxygen atoms in total. The molecular formula is C27H26N4O6. The van der Waals surface area contributed by atoms with Crippen molar-refractivity contribution in [2.24, 2.45) is 4.99 Å². The highest BCUT2D eigenvalue weighted by molar-refractivity contribution is 5.81. The molecule has 190 valence electrons. The first-order valence-electron chi connectivity index (χ1n) is 11.7. The zero-order valence-corrected chi connectivity index (χ0v) is 20.4. The Kier molecular flexibility index (Phi) is 7.19. The minimum absolute atomic E-state index is 0.127. The fourth-order valence-corrected chi connectivity index (χ4v) is 4.26. The van der Waals surface area contributed by atoms with E-state index in [-0.39, 0.29) is 30.9 Å². The lowest BCUT2D eigenvalue weighted by atomic mass is 10.1. The quantitative estimate of drug-likeness (QED) is 0.361. The van der Waals surface area contributed by atoms with E-state index in [9.17, 15) is 24.3 Å². The van der Waals surface area contributed by atoms with Gasteiger partial charge in [0.25, 0.3) is 5.56 Å². The molecule has 0 radical (unpaired) electrons. The van der Waals surface area contributed by atoms with Crippen molar-refractivity contribution in [1.29, 1.82) is 0 Å². The molecule has 0 fully saturated rings. The lowest BCUT2D eigenvalue weighted by Gasteiger charge is -2.13. The van der Waals surface area contributed by atoms with Gasteiger partial charge < -0.3 is 15.5 Å². The number of carboxylic acids is 1. The average Bonchev–Trinajstić information content (AvgIpc) is 3.19. The predicted molar refractivity (Wildman–Crippen MR) is 137 cm³/mol. The van der Waals surface area contributed by atoms with Crippen LogP contribution in [-0.4, -0.2) is 38.2 Å². The summed E-state index contributed by atoms with van der Waals surface area (Å²) in [6.45, 7) is 3.93. The van der Waals surface area contributed by atoms with E-state index in [0.717, 1.165) is 26.5 Å². The van der Waals surface area contributed by atoms with Crippen LogP contribution in [0.15, 0.2) is 62.7 Å². The fraction of sp³-hybridized carbons (Fsp3) is 0.222. The summed E-state index contributed by atoms with van der Waals surface area (Å²) in [6, 6.07) is 12.7. The number of aromatic amines is 1. The molecule has 0 spiro atoms. The number of aromatic nitrogens is 2. The molecule has 2 aromatic carbocycles. The minimum atomic E-state index is -1.05. The number of allylic oxidation sites excluding steroid dienone is 1. The molecule has 2 heterocycles. The normalized spacial score (nSPS) is 13.4. The third-order valence-corrected chi connectivity index (χ3v) is 6.04. The second kappa shape index (κ2) is 10.5. The highest BCUT2D eigenvalue weighted by Crippen LogP contribution is 2.25. The van der Waals surface area contributed by atoms with Crippen LogP contribution in [-0.2, 0) is 9.59 Å². The molecule has 1 aromatic heterocycles. The zero-order chi connectivity index (χ0) is 26.7. The Labute approximate surface area is 211 Å². The van der Waals surface area contributed by atoms with Gasteiger partial charge in [-0.3, -0.25) is 19.4 Å². The van der Waals surface area contributed by atoms with Gasteiger partial charge in [-0.05, 0) is 49.6 Å². The van der Waals surface area contributed by atoms with Crippen molar-refractivity contribution in [2.75, 3.05) is 6.54 Å². The summed E-state index contributed by atoms with van der Waals surface area (Å²) in [5.41, 5.74) is 1.65. The molecule has 1 amide bonds. The van der Waals surface area contributed by atoms with Crippen LogP contribution >= 0.6 is 0 Å². The lowest BCUT2D eigenvalue weighted by molar-refractivity contribution is -0.138. The molecule has 1 aliphatic heterocycles. The number of aromatic hydroxyl groups is 1. The molecule has 3 aromatic rings. The maximum Gasteiger partial charge on any atom is 0.335 e. The van der Waals surface area contributed by atoms with E-state index in [4.69, 9.17) is 5.11 Å². The van der Waals surface area contributed by atoms with E-state index in [1.54, 1.807) is 19.1 Å². The monoisotopic (exact) mass is 502 g/mol. The van der Waals surface area contributed by atoms with Gasteiger partial charge in [-0.25, -0.2) is 14.4 Å². The number of amides is 1. The smallest absolute Gasteiger partial charge is 0.335 e. The molecule has 0 unspecified atom stereocenters. The second-order valence-corrected chi connectivity index (χ2v) is 8.75. The molecule has 10 heteroatoms. The number of aliphatic carboxylic acids is 1. The highest BCUT2D eigenvalue weighted by Gasteiger charge is 2.19. The topological polar surface area (TPSA) is 154 Å². The molecule has 4 rings (SSSR count). The zero-order valence-electron chi connectivity index (χ0n) is 20.4. The third kappa shape index (κ3) is 5.43. The van der Waals surface area contributed by atoms with Crippen LogP contribution in [0.1, 0.15) is 36.0 Å². The number of para-hydroxylation sites is 1. The van der Waals surface area contributed by atoms with Gasteiger partial charge in [0.15, 0.2) is 0 Å². The van der Waals surface area contributed by atoms with Crippen molar-refractivity contribution in [3.63, 3.8) is 0 Å². The number of carbonyl (C=O) groups is 2. The molecule has 0 saturated carbocycles. The van der Waals surface area contributed by atoms with Crippen LogP contribution in [0.5, 0.6) is 5.88 Å². The Morgan fingerprint density at radius 3 is 2.59 bits per heavy atom. The maximum atomic E-state index is 12.8. The Bertz CT molecular complexity index is 1680. The van der Waals surface area contributed by atoms with Crippen molar-refractivity contribution in [3.8, 4) is 11.6 Å². The standard InChI is InChI=1S/C27H26N4O6/c1-15-7-8-22(16(2)13-15)31-26(36)19(25(35)30-27(31)37)14-21-18(17-5-3-4-6-20(17)29-21)11-12-28-23(32)9-10-24(33)34/h3-8,13-14,36H,9-12H2,1-2H3,(H,28,32)(H,33,34)(H,30,35,37)/b21-14-. The van der Waals surface area contributed by atoms with E-state index in [1.165, 1.54) is 6.08 Å². The summed E-state index contributed by atoms with van der Waals surface area (Å²) in [7, 11) is 0. The van der Waals surface area contributed by atoms with Crippen molar-refractivity contribution in [2.45, 2.75) is 33.1 Å². The van der Waals surface area contributed by atoms with Crippen molar-refractivity contribution in [1.82, 2.24) is 14.9 Å². The Hall–Kier alpha value is -4.73. The van der Waals surface area contributed by atoms with E-state index >= 15 is 0 Å². The van der Waals surface area contributed by atoms with E-state index in [1.807, 2.05) is 37.3 Å². The van der Waals surface area contributed by atoms with E-state index < -0.39 is 23.1 Å². The first kappa shape index (κ1) is 25.4. The molecule has 0 saturated heterocycles. The average molecular weight is 503 g/mol. The van der Waals surface area contributed by atoms with Crippen LogP contribution in [0.4, 0.5) is 0 Å². The Balaban J connectivity index is 1.74. The SMILES string of the molecule is Cc1ccc(-n2c(O)c(/C=C3\N=c4ccccc4=C3CCNC(=O)CCC(=O)O)c(=O)[nH]c2=O)c(C)c1. The van der Waals surface area contributed by atoms with Crippen LogP contribution in [0.2, 0.25) is 0 Å². The van der Waals surface area contributed by atoms with Gasteiger partial charge in [-0.15, -0.1) is 0 Å². The highest BCUT2D eigenvalue weighted by atomic mass is 16.4. The number of aryl methyl sites for hydroxylation is 2. The predicted octanol–water partition coefficient (Wildman–Crippen LogP) is 1.04. The van der Waals surface area contributed by atoms with Gasteiger partial charge in [0.2, 0.25) is 11.8 Å². The number of carboxylic acid groups (broad SMARTS) is 1. The molecule has 1 aliphatic rings. The van der Waals surface area contributed by atoms with Gasteiger partial charge in [0.05, 0.1) is 23.2 Å². The summed E-state index contributed by atoms with van der Waals surface area (Å²) in [6.07, 6.45) is 1.39. The summed E-state index contributed by atoms with van der Waals surface area (Å²) >= 11 is 0. The summed E-state index contributed by atoms with van der Waals surface area (Å²) in [5.74, 6) is -1.95. The number of carbonyl (C=O) groups excluding carboxylic acids is 1. The molecular weight excluding hydrogens is 476 g/mol. The minimum Gasteiger partial charge on any atom is -0.494 e. The van der Waals surface area contributed by atoms with Gasteiger partial charge in [-0.1, -0.05) is 35.9 Å². The summed E-state index contributed by atoms with van der Waals surface area (Å²) < 4.78 is 1.05. The fourth-order valence-electron chi connectivity index (χ4n) is 4.26. The molecule has 4 N–H and O–H groups in total. The van der Waals surface area contributed by atoms with Crippen LogP contribution < -0.4 is 27.1 Å². The number of rotatable bonds is 8. The second-order valence-electron chi connectivity index (χ2n) is 8.75. The van der Waals surface area contributed by atoms with E-state index in [0.29, 0.717) is 23.2 Å². The van der Waals surface area contributed by atoms with Gasteiger partial charge in [0.1, 0.15) is 5.56 Å². The Morgan fingerprint density at radius 1 is 1.11 bits per heavy atom. The third-order valence-electron chi connectivity index (χ3n) is 6.04. The largest absolute Gasteiger partial charge is 0.494 e. The number of hydrogen-bond donors (Lipinski definition) is 4. The van der Waals surface area contributed by atoms with Gasteiger partial charge in [0, 0.05) is 18.2 Å². The lowest BCUT2D eigenvalue weighted by Crippen LogP contribution is -2.30. The van der Waals surface area contributed by atoms with Crippen molar-refractivity contribution >= 4 is 23.5 Å². The Morgan fingerprint density at radius 2 is 1.86 bits per heavy atom. The van der Waals surface area contributed by atoms with Crippen molar-refractivity contribution < 1.29 is 19.8 Å². The summed E-state index contributed by atoms with van der Waals surface area (Å²) in [4.78, 5) is 54.9. The van der Waals surface area contributed by atoms with E-state index in [2.05, 4.69) is 15.3 Å². The number of H-pyrrole nitrogens is 1. The molecule has 0 aliphatic carbocycles. The summed E-state index contributed by atoms with van der Waals surface area (Å²) in [5, 5.41) is 24.0. The van der Waals surface area contributed by atoms with Gasteiger partial charge >= 0.3 is 11.7 Å². The molecule has 37 heavy (non-hydrogen) atoms. The maximum absolute atomic E-state index is 12.8. The number of fused-ring (bicyclic) bond motifs is 1. The molecule has 0 bridgehead atoms. The number of hydrogen-bond acceptors (Lipinski definition) is 6. The number of nitrogens with one attached hydrogen (secondary N) is 2. The van der Waals surface area contributed by atoms with Gasteiger partial charge in [-0.2, -0.15) is 0 Å². The van der Waals surface area contributed by atoms with Crippen molar-refractivity contribution in [3.05, 3.63) is 96.3 Å². The van der Waals surface area contributed by atoms with Crippen LogP contribution in [0.3, 0.4) is 0 Å².